The maximum Gasteiger partial charge on any atom is 0.412 e. The summed E-state index contributed by atoms with van der Waals surface area (Å²) >= 11 is 0. The number of carbonyl (C=O) groups excluding carboxylic acids is 2. The summed E-state index contributed by atoms with van der Waals surface area (Å²) in [6.07, 6.45) is 1.62. The van der Waals surface area contributed by atoms with Crippen molar-refractivity contribution in [1.29, 1.82) is 0 Å². The van der Waals surface area contributed by atoms with Crippen molar-refractivity contribution in [3.8, 4) is 0 Å². The number of nitrogens with zero attached hydrogens (tertiary/aromatic N) is 1. The maximum absolute atomic E-state index is 14.0. The Morgan fingerprint density at radius 3 is 2.46 bits per heavy atom. The topological polar surface area (TPSA) is 90.9 Å². The zero-order chi connectivity index (χ0) is 26.6. The minimum atomic E-state index is -0.880. The Bertz CT molecular complexity index is 1100. The van der Waals surface area contributed by atoms with Crippen molar-refractivity contribution >= 4 is 17.7 Å². The van der Waals surface area contributed by atoms with Crippen LogP contribution in [0.1, 0.15) is 56.6 Å². The SMILES string of the molecule is CC(C)CC(CO)NC(=O)C(CCN1CCC2(CC1)OC(=O)Nc1ccc(F)cc12)c1ccc(F)cc1. The second-order valence-electron chi connectivity index (χ2n) is 10.5. The van der Waals surface area contributed by atoms with Crippen LogP contribution in [0.4, 0.5) is 19.3 Å². The van der Waals surface area contributed by atoms with Gasteiger partial charge in [-0.25, -0.2) is 13.6 Å². The molecule has 1 spiro atoms. The summed E-state index contributed by atoms with van der Waals surface area (Å²) in [7, 11) is 0. The number of aliphatic hydroxyl groups is 1. The number of amides is 2. The van der Waals surface area contributed by atoms with Crippen molar-refractivity contribution in [2.45, 2.75) is 57.1 Å². The summed E-state index contributed by atoms with van der Waals surface area (Å²) in [5, 5.41) is 15.3. The highest BCUT2D eigenvalue weighted by Gasteiger charge is 2.44. The first-order chi connectivity index (χ1) is 17.7. The van der Waals surface area contributed by atoms with Gasteiger partial charge in [0.05, 0.1) is 24.3 Å². The molecule has 3 N–H and O–H groups in total. The summed E-state index contributed by atoms with van der Waals surface area (Å²) in [6, 6.07) is 9.90. The smallest absolute Gasteiger partial charge is 0.412 e. The summed E-state index contributed by atoms with van der Waals surface area (Å²) in [5.41, 5.74) is 1.05. The zero-order valence-corrected chi connectivity index (χ0v) is 21.3. The Balaban J connectivity index is 1.43. The van der Waals surface area contributed by atoms with E-state index in [0.29, 0.717) is 68.0 Å². The molecule has 2 unspecified atom stereocenters. The number of benzene rings is 2. The Hall–Kier alpha value is -3.04. The van der Waals surface area contributed by atoms with Gasteiger partial charge in [-0.15, -0.1) is 0 Å². The fraction of sp³-hybridized carbons (Fsp3) is 0.500. The molecule has 0 bridgehead atoms. The highest BCUT2D eigenvalue weighted by atomic mass is 19.1. The third-order valence-electron chi connectivity index (χ3n) is 7.31. The standard InChI is InChI=1S/C28H35F2N3O4/c1-18(2)15-22(17-34)31-26(35)23(19-3-5-20(29)6-4-19)9-12-33-13-10-28(11-14-33)24-16-21(30)7-8-25(24)32-27(36)37-28/h3-8,16,18,22-23,34H,9-15,17H2,1-2H3,(H,31,35)(H,32,36). The molecule has 0 radical (unpaired) electrons. The van der Waals surface area contributed by atoms with Gasteiger partial charge in [-0.05, 0) is 61.2 Å². The molecule has 4 rings (SSSR count). The minimum Gasteiger partial charge on any atom is -0.438 e. The third-order valence-corrected chi connectivity index (χ3v) is 7.31. The Morgan fingerprint density at radius 1 is 1.14 bits per heavy atom. The first-order valence-electron chi connectivity index (χ1n) is 12.9. The summed E-state index contributed by atoms with van der Waals surface area (Å²) in [4.78, 5) is 27.6. The molecular formula is C28H35F2N3O4. The van der Waals surface area contributed by atoms with E-state index in [9.17, 15) is 23.5 Å². The molecule has 1 saturated heterocycles. The second kappa shape index (κ2) is 11.6. The van der Waals surface area contributed by atoms with Crippen LogP contribution in [0.5, 0.6) is 0 Å². The predicted octanol–water partition coefficient (Wildman–Crippen LogP) is 4.52. The average molecular weight is 516 g/mol. The van der Waals surface area contributed by atoms with E-state index in [0.717, 1.165) is 0 Å². The fourth-order valence-corrected chi connectivity index (χ4v) is 5.39. The predicted molar refractivity (Wildman–Crippen MR) is 136 cm³/mol. The van der Waals surface area contributed by atoms with Crippen LogP contribution >= 0.6 is 0 Å². The van der Waals surface area contributed by atoms with Gasteiger partial charge in [-0.3, -0.25) is 10.1 Å². The number of likely N-dealkylation sites (tertiary alicyclic amines) is 1. The number of hydrogen-bond acceptors (Lipinski definition) is 5. The van der Waals surface area contributed by atoms with Crippen molar-refractivity contribution in [3.05, 3.63) is 65.2 Å². The van der Waals surface area contributed by atoms with E-state index < -0.39 is 17.6 Å². The number of aliphatic hydroxyl groups excluding tert-OH is 1. The van der Waals surface area contributed by atoms with Crippen LogP contribution in [-0.2, 0) is 15.1 Å². The van der Waals surface area contributed by atoms with Gasteiger partial charge >= 0.3 is 6.09 Å². The van der Waals surface area contributed by atoms with Crippen molar-refractivity contribution in [3.63, 3.8) is 0 Å². The number of rotatable bonds is 9. The average Bonchev–Trinajstić information content (AvgIpc) is 2.86. The Morgan fingerprint density at radius 2 is 1.81 bits per heavy atom. The number of carbonyl (C=O) groups is 2. The van der Waals surface area contributed by atoms with Crippen LogP contribution in [0.2, 0.25) is 0 Å². The zero-order valence-electron chi connectivity index (χ0n) is 21.3. The van der Waals surface area contributed by atoms with E-state index in [1.807, 2.05) is 13.8 Å². The normalized spacial score (nSPS) is 18.6. The summed E-state index contributed by atoms with van der Waals surface area (Å²) < 4.78 is 33.3. The molecular weight excluding hydrogens is 480 g/mol. The summed E-state index contributed by atoms with van der Waals surface area (Å²) in [5.74, 6) is -1.15. The Labute approximate surface area is 216 Å². The summed E-state index contributed by atoms with van der Waals surface area (Å²) in [6.45, 7) is 5.72. The van der Waals surface area contributed by atoms with Crippen LogP contribution in [0.3, 0.4) is 0 Å². The van der Waals surface area contributed by atoms with E-state index in [4.69, 9.17) is 4.74 Å². The molecule has 2 heterocycles. The third kappa shape index (κ3) is 6.45. The lowest BCUT2D eigenvalue weighted by molar-refractivity contribution is -0.124. The lowest BCUT2D eigenvalue weighted by Gasteiger charge is -2.44. The van der Waals surface area contributed by atoms with Crippen LogP contribution in [0, 0.1) is 17.6 Å². The molecule has 9 heteroatoms. The van der Waals surface area contributed by atoms with Crippen molar-refractivity contribution in [2.24, 2.45) is 5.92 Å². The van der Waals surface area contributed by atoms with E-state index in [2.05, 4.69) is 15.5 Å². The molecule has 1 fully saturated rings. The van der Waals surface area contributed by atoms with Crippen LogP contribution < -0.4 is 10.6 Å². The van der Waals surface area contributed by atoms with E-state index >= 15 is 0 Å². The lowest BCUT2D eigenvalue weighted by Crippen LogP contribution is -2.49. The van der Waals surface area contributed by atoms with Gasteiger partial charge < -0.3 is 20.1 Å². The number of fused-ring (bicyclic) bond motifs is 2. The van der Waals surface area contributed by atoms with Crippen LogP contribution in [0.15, 0.2) is 42.5 Å². The number of anilines is 1. The Kier molecular flexibility index (Phi) is 8.44. The first-order valence-corrected chi connectivity index (χ1v) is 12.9. The van der Waals surface area contributed by atoms with Crippen LogP contribution in [-0.4, -0.2) is 54.3 Å². The van der Waals surface area contributed by atoms with Gasteiger partial charge in [0.15, 0.2) is 0 Å². The molecule has 2 amide bonds. The number of halogens is 2. The molecule has 0 saturated carbocycles. The van der Waals surface area contributed by atoms with Gasteiger partial charge in [-0.1, -0.05) is 26.0 Å². The number of piperidine rings is 1. The molecule has 0 aromatic heterocycles. The van der Waals surface area contributed by atoms with E-state index in [1.54, 1.807) is 18.2 Å². The molecule has 200 valence electrons. The van der Waals surface area contributed by atoms with Crippen LogP contribution in [0.25, 0.3) is 0 Å². The largest absolute Gasteiger partial charge is 0.438 e. The fourth-order valence-electron chi connectivity index (χ4n) is 5.39. The highest BCUT2D eigenvalue weighted by molar-refractivity contribution is 5.89. The first kappa shape index (κ1) is 27.0. The lowest BCUT2D eigenvalue weighted by atomic mass is 9.82. The van der Waals surface area contributed by atoms with E-state index in [1.165, 1.54) is 24.3 Å². The van der Waals surface area contributed by atoms with Gasteiger partial charge in [0.25, 0.3) is 0 Å². The van der Waals surface area contributed by atoms with Gasteiger partial charge in [-0.2, -0.15) is 0 Å². The second-order valence-corrected chi connectivity index (χ2v) is 10.5. The van der Waals surface area contributed by atoms with Gasteiger partial charge in [0.2, 0.25) is 5.91 Å². The van der Waals surface area contributed by atoms with Gasteiger partial charge in [0, 0.05) is 31.5 Å². The minimum absolute atomic E-state index is 0.149. The number of hydrogen-bond donors (Lipinski definition) is 3. The number of ether oxygens (including phenoxy) is 1. The molecule has 0 aliphatic carbocycles. The molecule has 2 aliphatic heterocycles. The molecule has 2 aromatic carbocycles. The highest BCUT2D eigenvalue weighted by Crippen LogP contribution is 2.43. The van der Waals surface area contributed by atoms with Gasteiger partial charge in [0.1, 0.15) is 17.2 Å². The van der Waals surface area contributed by atoms with Crippen molar-refractivity contribution in [1.82, 2.24) is 10.2 Å². The quantitative estimate of drug-likeness (QED) is 0.457. The van der Waals surface area contributed by atoms with Crippen molar-refractivity contribution < 1.29 is 28.2 Å². The molecule has 7 nitrogen and oxygen atoms in total. The maximum atomic E-state index is 14.0. The number of nitrogens with one attached hydrogen (secondary N) is 2. The van der Waals surface area contributed by atoms with Crippen molar-refractivity contribution in [2.75, 3.05) is 31.6 Å². The molecule has 37 heavy (non-hydrogen) atoms. The van der Waals surface area contributed by atoms with E-state index in [-0.39, 0.29) is 30.2 Å². The monoisotopic (exact) mass is 515 g/mol. The molecule has 2 aliphatic rings. The molecule has 2 aromatic rings. The molecule has 2 atom stereocenters.